The number of hydrogen-bond donors (Lipinski definition) is 0. The zero-order valence-electron chi connectivity index (χ0n) is 18.1. The molecule has 0 unspecified atom stereocenters. The maximum absolute atomic E-state index is 13.6. The van der Waals surface area contributed by atoms with Gasteiger partial charge in [-0.2, -0.15) is 0 Å². The molecular formula is C25H28N2O3. The highest BCUT2D eigenvalue weighted by atomic mass is 16.5. The van der Waals surface area contributed by atoms with Crippen LogP contribution >= 0.6 is 0 Å². The van der Waals surface area contributed by atoms with Crippen molar-refractivity contribution >= 4 is 23.1 Å². The summed E-state index contributed by atoms with van der Waals surface area (Å²) >= 11 is 0. The Morgan fingerprint density at radius 2 is 1.60 bits per heavy atom. The number of carbonyl (C=O) groups excluding carboxylic acids is 2. The summed E-state index contributed by atoms with van der Waals surface area (Å²) in [6.07, 6.45) is 2.04. The fourth-order valence-electron chi connectivity index (χ4n) is 4.24. The Kier molecular flexibility index (Phi) is 5.37. The van der Waals surface area contributed by atoms with Gasteiger partial charge in [0.25, 0.3) is 11.8 Å². The van der Waals surface area contributed by atoms with E-state index in [1.807, 2.05) is 56.3 Å². The van der Waals surface area contributed by atoms with Crippen LogP contribution in [0.15, 0.2) is 48.2 Å². The molecule has 30 heavy (non-hydrogen) atoms. The molecule has 0 aromatic heterocycles. The number of likely N-dealkylation sites (tertiary alicyclic amines) is 1. The van der Waals surface area contributed by atoms with Crippen LogP contribution in [0.4, 0.5) is 5.69 Å². The van der Waals surface area contributed by atoms with Crippen molar-refractivity contribution in [2.45, 2.75) is 33.6 Å². The number of anilines is 1. The van der Waals surface area contributed by atoms with Gasteiger partial charge in [0.2, 0.25) is 0 Å². The average molecular weight is 405 g/mol. The minimum absolute atomic E-state index is 0.228. The normalized spacial score (nSPS) is 17.9. The molecule has 2 heterocycles. The van der Waals surface area contributed by atoms with Gasteiger partial charge in [-0.05, 0) is 67.5 Å². The number of ether oxygens (including phenoxy) is 1. The van der Waals surface area contributed by atoms with Crippen molar-refractivity contribution in [2.75, 3.05) is 25.1 Å². The van der Waals surface area contributed by atoms with Crippen LogP contribution in [0.2, 0.25) is 0 Å². The Hall–Kier alpha value is -3.08. The molecule has 1 fully saturated rings. The first-order valence-corrected chi connectivity index (χ1v) is 10.5. The highest BCUT2D eigenvalue weighted by Crippen LogP contribution is 2.38. The van der Waals surface area contributed by atoms with Crippen molar-refractivity contribution in [2.24, 2.45) is 5.92 Å². The minimum Gasteiger partial charge on any atom is -0.497 e. The molecule has 0 saturated carbocycles. The van der Waals surface area contributed by atoms with E-state index in [1.54, 1.807) is 7.11 Å². The average Bonchev–Trinajstić information content (AvgIpc) is 3.00. The van der Waals surface area contributed by atoms with Gasteiger partial charge in [0.15, 0.2) is 0 Å². The summed E-state index contributed by atoms with van der Waals surface area (Å²) in [7, 11) is 1.61. The molecule has 0 spiro atoms. The molecule has 2 aromatic carbocycles. The van der Waals surface area contributed by atoms with Crippen molar-refractivity contribution in [3.63, 3.8) is 0 Å². The van der Waals surface area contributed by atoms with Crippen molar-refractivity contribution in [1.82, 2.24) is 4.90 Å². The Morgan fingerprint density at radius 1 is 0.933 bits per heavy atom. The van der Waals surface area contributed by atoms with Crippen molar-refractivity contribution in [3.8, 4) is 5.75 Å². The van der Waals surface area contributed by atoms with Crippen molar-refractivity contribution in [3.05, 3.63) is 64.9 Å². The van der Waals surface area contributed by atoms with E-state index in [-0.39, 0.29) is 11.8 Å². The summed E-state index contributed by atoms with van der Waals surface area (Å²) in [5, 5.41) is 0. The van der Waals surface area contributed by atoms with Gasteiger partial charge in [0, 0.05) is 13.1 Å². The number of amides is 2. The van der Waals surface area contributed by atoms with E-state index in [0.717, 1.165) is 48.4 Å². The molecule has 0 bridgehead atoms. The second kappa shape index (κ2) is 7.98. The molecule has 156 valence electrons. The summed E-state index contributed by atoms with van der Waals surface area (Å²) in [5.74, 6) is 0.867. The summed E-state index contributed by atoms with van der Waals surface area (Å²) in [5.41, 5.74) is 4.34. The Morgan fingerprint density at radius 3 is 2.23 bits per heavy atom. The fourth-order valence-corrected chi connectivity index (χ4v) is 4.24. The van der Waals surface area contributed by atoms with Gasteiger partial charge in [-0.1, -0.05) is 31.2 Å². The number of benzene rings is 2. The molecule has 2 aromatic rings. The number of methoxy groups -OCH3 is 1. The predicted molar refractivity (Wildman–Crippen MR) is 118 cm³/mol. The lowest BCUT2D eigenvalue weighted by molar-refractivity contribution is -0.120. The van der Waals surface area contributed by atoms with E-state index < -0.39 is 0 Å². The van der Waals surface area contributed by atoms with Gasteiger partial charge >= 0.3 is 0 Å². The summed E-state index contributed by atoms with van der Waals surface area (Å²) < 4.78 is 5.27. The van der Waals surface area contributed by atoms with Gasteiger partial charge in [-0.15, -0.1) is 0 Å². The van der Waals surface area contributed by atoms with E-state index in [4.69, 9.17) is 4.74 Å². The van der Waals surface area contributed by atoms with Gasteiger partial charge in [0.05, 0.1) is 18.4 Å². The summed E-state index contributed by atoms with van der Waals surface area (Å²) in [4.78, 5) is 30.7. The third kappa shape index (κ3) is 3.49. The van der Waals surface area contributed by atoms with Gasteiger partial charge in [-0.25, -0.2) is 4.90 Å². The smallest absolute Gasteiger partial charge is 0.282 e. The van der Waals surface area contributed by atoms with Crippen LogP contribution in [0.1, 0.15) is 36.5 Å². The van der Waals surface area contributed by atoms with Gasteiger partial charge < -0.3 is 9.64 Å². The Bertz CT molecular complexity index is 1020. The lowest BCUT2D eigenvalue weighted by atomic mass is 9.97. The van der Waals surface area contributed by atoms with E-state index in [1.165, 1.54) is 4.90 Å². The van der Waals surface area contributed by atoms with Gasteiger partial charge in [-0.3, -0.25) is 9.59 Å². The maximum atomic E-state index is 13.6. The van der Waals surface area contributed by atoms with E-state index in [9.17, 15) is 9.59 Å². The van der Waals surface area contributed by atoms with E-state index in [0.29, 0.717) is 22.9 Å². The summed E-state index contributed by atoms with van der Waals surface area (Å²) in [6, 6.07) is 13.2. The zero-order valence-corrected chi connectivity index (χ0v) is 18.1. The zero-order chi connectivity index (χ0) is 21.4. The van der Waals surface area contributed by atoms with Crippen LogP contribution in [0.5, 0.6) is 5.75 Å². The second-order valence-electron chi connectivity index (χ2n) is 8.36. The number of carbonyl (C=O) groups is 2. The molecular weight excluding hydrogens is 376 g/mol. The number of aryl methyl sites for hydroxylation is 2. The maximum Gasteiger partial charge on any atom is 0.282 e. The van der Waals surface area contributed by atoms with Crippen LogP contribution in [-0.4, -0.2) is 36.9 Å². The van der Waals surface area contributed by atoms with Crippen LogP contribution < -0.4 is 9.64 Å². The monoisotopic (exact) mass is 404 g/mol. The first-order chi connectivity index (χ1) is 14.4. The molecule has 0 aliphatic carbocycles. The van der Waals surface area contributed by atoms with Crippen molar-refractivity contribution in [1.29, 1.82) is 0 Å². The quantitative estimate of drug-likeness (QED) is 0.712. The summed E-state index contributed by atoms with van der Waals surface area (Å²) in [6.45, 7) is 7.72. The van der Waals surface area contributed by atoms with Crippen LogP contribution in [-0.2, 0) is 9.59 Å². The fraction of sp³-hybridized carbons (Fsp3) is 0.360. The number of piperidine rings is 1. The lowest BCUT2D eigenvalue weighted by Gasteiger charge is -2.32. The predicted octanol–water partition coefficient (Wildman–Crippen LogP) is 4.33. The molecule has 2 aliphatic rings. The molecule has 0 N–H and O–H groups in total. The van der Waals surface area contributed by atoms with Gasteiger partial charge in [0.1, 0.15) is 11.4 Å². The first kappa shape index (κ1) is 20.2. The first-order valence-electron chi connectivity index (χ1n) is 10.5. The molecule has 2 aliphatic heterocycles. The van der Waals surface area contributed by atoms with Crippen LogP contribution in [0.25, 0.3) is 5.57 Å². The third-order valence-corrected chi connectivity index (χ3v) is 6.14. The minimum atomic E-state index is -0.257. The molecule has 0 radical (unpaired) electrons. The van der Waals surface area contributed by atoms with E-state index >= 15 is 0 Å². The molecule has 0 atom stereocenters. The molecule has 4 rings (SSSR count). The van der Waals surface area contributed by atoms with Crippen molar-refractivity contribution < 1.29 is 14.3 Å². The lowest BCUT2D eigenvalue weighted by Crippen LogP contribution is -2.38. The molecule has 5 nitrogen and oxygen atoms in total. The number of hydrogen-bond acceptors (Lipinski definition) is 4. The highest BCUT2D eigenvalue weighted by molar-refractivity contribution is 6.45. The molecule has 5 heteroatoms. The third-order valence-electron chi connectivity index (χ3n) is 6.14. The largest absolute Gasteiger partial charge is 0.497 e. The molecule has 2 amide bonds. The van der Waals surface area contributed by atoms with E-state index in [2.05, 4.69) is 11.8 Å². The highest BCUT2D eigenvalue weighted by Gasteiger charge is 2.43. The molecule has 1 saturated heterocycles. The standard InChI is InChI=1S/C25H28N2O3/c1-16-11-13-26(14-12-16)23-22(19-7-9-20(30-4)10-8-19)24(28)27(25(23)29)21-15-17(2)5-6-18(21)3/h5-10,15-16H,11-14H2,1-4H3. The SMILES string of the molecule is COc1ccc(C2=C(N3CCC(C)CC3)C(=O)N(c3cc(C)ccc3C)C2=O)cc1. The second-order valence-corrected chi connectivity index (χ2v) is 8.36. The Balaban J connectivity index is 1.82. The number of rotatable bonds is 4. The number of imide groups is 1. The Labute approximate surface area is 177 Å². The van der Waals surface area contributed by atoms with Crippen LogP contribution in [0.3, 0.4) is 0 Å². The topological polar surface area (TPSA) is 49.9 Å². The number of nitrogens with zero attached hydrogens (tertiary/aromatic N) is 2. The van der Waals surface area contributed by atoms with Crippen LogP contribution in [0, 0.1) is 19.8 Å².